The van der Waals surface area contributed by atoms with Gasteiger partial charge in [-0.2, -0.15) is 5.09 Å². The number of hydrogen-bond acceptors (Lipinski definition) is 12. The molecular weight excluding hydrogens is 567 g/mol. The molecule has 0 spiro atoms. The van der Waals surface area contributed by atoms with Crippen molar-refractivity contribution in [1.29, 1.82) is 0 Å². The van der Waals surface area contributed by atoms with Crippen molar-refractivity contribution in [2.24, 2.45) is 0 Å². The molecule has 4 N–H and O–H groups in total. The van der Waals surface area contributed by atoms with E-state index in [2.05, 4.69) is 31.3 Å². The summed E-state index contributed by atoms with van der Waals surface area (Å²) in [6.07, 6.45) is 5.76. The van der Waals surface area contributed by atoms with Crippen LogP contribution in [0.2, 0.25) is 0 Å². The van der Waals surface area contributed by atoms with Gasteiger partial charge in [-0.1, -0.05) is 24.1 Å². The number of nitrogens with zero attached hydrogens (tertiary/aromatic N) is 4. The number of imidazole rings is 1. The summed E-state index contributed by atoms with van der Waals surface area (Å²) in [5, 5.41) is 28.0. The van der Waals surface area contributed by atoms with Crippen LogP contribution in [0.15, 0.2) is 43.0 Å². The number of aliphatic hydroxyl groups excluding tert-OH is 2. The van der Waals surface area contributed by atoms with Crippen molar-refractivity contribution in [2.45, 2.75) is 75.8 Å². The molecular formula is C27H33N6O8P. The van der Waals surface area contributed by atoms with Gasteiger partial charge in [-0.25, -0.2) is 19.5 Å². The maximum atomic E-state index is 13.9. The molecule has 5 rings (SSSR count). The third-order valence-electron chi connectivity index (χ3n) is 6.69. The smallest absolute Gasteiger partial charge is 0.459 e. The molecule has 1 saturated carbocycles. The van der Waals surface area contributed by atoms with E-state index in [4.69, 9.17) is 24.9 Å². The minimum atomic E-state index is -4.35. The summed E-state index contributed by atoms with van der Waals surface area (Å²) >= 11 is 0. The minimum Gasteiger partial charge on any atom is -0.462 e. The van der Waals surface area contributed by atoms with Crippen LogP contribution in [-0.4, -0.2) is 78.3 Å². The van der Waals surface area contributed by atoms with Gasteiger partial charge in [-0.05, 0) is 45.7 Å². The number of rotatable bonds is 12. The highest BCUT2D eigenvalue weighted by molar-refractivity contribution is 7.52. The molecule has 15 heteroatoms. The number of esters is 1. The minimum absolute atomic E-state index is 0.179. The summed E-state index contributed by atoms with van der Waals surface area (Å²) in [5.41, 5.74) is -1.17. The normalized spacial score (nSPS) is 26.0. The van der Waals surface area contributed by atoms with Gasteiger partial charge in [0.2, 0.25) is 0 Å². The van der Waals surface area contributed by atoms with Gasteiger partial charge in [0.05, 0.1) is 12.4 Å². The number of carbonyl (C=O) groups excluding carboxylic acids is 1. The molecule has 2 aliphatic rings. The fraction of sp³-hybridized carbons (Fsp3) is 0.481. The highest BCUT2D eigenvalue weighted by Gasteiger charge is 2.56. The molecule has 6 atom stereocenters. The van der Waals surface area contributed by atoms with Gasteiger partial charge in [0.15, 0.2) is 28.8 Å². The number of ether oxygens (including phenoxy) is 2. The van der Waals surface area contributed by atoms with Crippen molar-refractivity contribution in [1.82, 2.24) is 24.6 Å². The SMILES string of the molecule is C#C[C@]1(CO[P@@](=O)(N[C@@H](C)C(=O)OC(C)C)Oc2ccccc2)O[C@@H](n2cnc3c(NC4CC4)ncnc32)C(O)C1O. The monoisotopic (exact) mass is 600 g/mol. The van der Waals surface area contributed by atoms with E-state index >= 15 is 0 Å². The third kappa shape index (κ3) is 6.27. The summed E-state index contributed by atoms with van der Waals surface area (Å²) in [7, 11) is -4.35. The summed E-state index contributed by atoms with van der Waals surface area (Å²) in [6, 6.07) is 7.36. The zero-order valence-electron chi connectivity index (χ0n) is 23.3. The van der Waals surface area contributed by atoms with E-state index in [1.54, 1.807) is 44.2 Å². The average molecular weight is 601 g/mol. The molecule has 42 heavy (non-hydrogen) atoms. The molecule has 2 unspecified atom stereocenters. The van der Waals surface area contributed by atoms with Crippen LogP contribution in [0.3, 0.4) is 0 Å². The zero-order chi connectivity index (χ0) is 30.1. The van der Waals surface area contributed by atoms with E-state index in [0.29, 0.717) is 23.0 Å². The Labute approximate surface area is 242 Å². The second kappa shape index (κ2) is 12.0. The number of benzene rings is 1. The van der Waals surface area contributed by atoms with Gasteiger partial charge < -0.3 is 29.5 Å². The van der Waals surface area contributed by atoms with E-state index in [0.717, 1.165) is 12.8 Å². The fourth-order valence-corrected chi connectivity index (χ4v) is 5.89. The first-order valence-electron chi connectivity index (χ1n) is 13.5. The van der Waals surface area contributed by atoms with Crippen molar-refractivity contribution in [2.75, 3.05) is 11.9 Å². The molecule has 1 saturated heterocycles. The molecule has 1 aliphatic heterocycles. The quantitative estimate of drug-likeness (QED) is 0.135. The van der Waals surface area contributed by atoms with Crippen LogP contribution < -0.4 is 14.9 Å². The van der Waals surface area contributed by atoms with Crippen LogP contribution in [-0.2, 0) is 23.4 Å². The number of para-hydroxylation sites is 1. The zero-order valence-corrected chi connectivity index (χ0v) is 24.2. The van der Waals surface area contributed by atoms with E-state index in [-0.39, 0.29) is 5.75 Å². The van der Waals surface area contributed by atoms with E-state index in [1.807, 2.05) is 0 Å². The van der Waals surface area contributed by atoms with Gasteiger partial charge in [-0.15, -0.1) is 6.42 Å². The predicted molar refractivity (Wildman–Crippen MR) is 150 cm³/mol. The number of carbonyl (C=O) groups is 1. The number of fused-ring (bicyclic) bond motifs is 1. The highest BCUT2D eigenvalue weighted by Crippen LogP contribution is 2.48. The Kier molecular flexibility index (Phi) is 8.52. The van der Waals surface area contributed by atoms with Gasteiger partial charge in [-0.3, -0.25) is 13.9 Å². The molecule has 0 radical (unpaired) electrons. The lowest BCUT2D eigenvalue weighted by Crippen LogP contribution is -2.46. The maximum Gasteiger partial charge on any atom is 0.459 e. The second-order valence-corrected chi connectivity index (χ2v) is 12.1. The number of hydrogen-bond donors (Lipinski definition) is 4. The summed E-state index contributed by atoms with van der Waals surface area (Å²) in [4.78, 5) is 25.4. The molecule has 2 fully saturated rings. The van der Waals surface area contributed by atoms with Crippen LogP contribution in [0.5, 0.6) is 5.75 Å². The molecule has 1 aliphatic carbocycles. The first-order valence-corrected chi connectivity index (χ1v) is 15.0. The van der Waals surface area contributed by atoms with E-state index < -0.39 is 56.5 Å². The molecule has 224 valence electrons. The maximum absolute atomic E-state index is 13.9. The molecule has 14 nitrogen and oxygen atoms in total. The third-order valence-corrected chi connectivity index (χ3v) is 8.32. The van der Waals surface area contributed by atoms with Gasteiger partial charge in [0, 0.05) is 6.04 Å². The first-order chi connectivity index (χ1) is 20.0. The molecule has 0 bridgehead atoms. The highest BCUT2D eigenvalue weighted by atomic mass is 31.2. The number of nitrogens with one attached hydrogen (secondary N) is 2. The van der Waals surface area contributed by atoms with Crippen molar-refractivity contribution in [3.8, 4) is 18.1 Å². The molecule has 1 aromatic carbocycles. The van der Waals surface area contributed by atoms with Gasteiger partial charge in [0.25, 0.3) is 0 Å². The Hall–Kier alpha value is -3.57. The van der Waals surface area contributed by atoms with Crippen LogP contribution in [0.1, 0.15) is 39.8 Å². The van der Waals surface area contributed by atoms with Crippen LogP contribution in [0, 0.1) is 12.3 Å². The standard InChI is InChI=1S/C27H33N6O8P/c1-5-27(13-38-42(37,41-19-9-7-6-8-10-19)32-17(4)26(36)39-16(2)3)22(35)21(34)25(40-27)33-15-30-20-23(31-18-11-12-18)28-14-29-24(20)33/h1,6-10,14-18,21-22,25,34-35H,11-13H2,2-4H3,(H,32,37)(H,28,29,31)/t17-,21?,22?,25+,27+,42-/m0/s1. The largest absolute Gasteiger partial charge is 0.462 e. The van der Waals surface area contributed by atoms with Crippen LogP contribution in [0.25, 0.3) is 11.2 Å². The first kappa shape index (κ1) is 29.9. The number of terminal acetylenes is 1. The Morgan fingerprint density at radius 3 is 2.64 bits per heavy atom. The molecule has 3 heterocycles. The Balaban J connectivity index is 1.38. The number of aromatic nitrogens is 4. The summed E-state index contributed by atoms with van der Waals surface area (Å²) in [6.45, 7) is 4.11. The molecule has 2 aromatic heterocycles. The van der Waals surface area contributed by atoms with E-state index in [1.165, 1.54) is 24.1 Å². The van der Waals surface area contributed by atoms with Crippen molar-refractivity contribution < 1.29 is 38.1 Å². The molecule has 3 aromatic rings. The summed E-state index contributed by atoms with van der Waals surface area (Å²) in [5.74, 6) is 2.38. The topological polar surface area (TPSA) is 179 Å². The Morgan fingerprint density at radius 1 is 1.24 bits per heavy atom. The average Bonchev–Trinajstić information content (AvgIpc) is 3.61. The van der Waals surface area contributed by atoms with Crippen LogP contribution >= 0.6 is 7.75 Å². The van der Waals surface area contributed by atoms with Gasteiger partial charge in [0.1, 0.15) is 36.9 Å². The van der Waals surface area contributed by atoms with Gasteiger partial charge >= 0.3 is 13.7 Å². The summed E-state index contributed by atoms with van der Waals surface area (Å²) < 4.78 is 38.0. The van der Waals surface area contributed by atoms with Crippen molar-refractivity contribution in [3.05, 3.63) is 43.0 Å². The Morgan fingerprint density at radius 2 is 1.98 bits per heavy atom. The van der Waals surface area contributed by atoms with Crippen molar-refractivity contribution >= 4 is 30.7 Å². The Bertz CT molecular complexity index is 1510. The van der Waals surface area contributed by atoms with E-state index in [9.17, 15) is 19.6 Å². The number of aliphatic hydroxyl groups is 2. The van der Waals surface area contributed by atoms with Crippen molar-refractivity contribution in [3.63, 3.8) is 0 Å². The number of anilines is 1. The lowest BCUT2D eigenvalue weighted by Gasteiger charge is -2.29. The fourth-order valence-electron chi connectivity index (χ4n) is 4.37. The molecule has 0 amide bonds. The second-order valence-electron chi connectivity index (χ2n) is 10.5. The lowest BCUT2D eigenvalue weighted by molar-refractivity contribution is -0.149. The predicted octanol–water partition coefficient (Wildman–Crippen LogP) is 2.16. The lowest BCUT2D eigenvalue weighted by atomic mass is 9.97. The van der Waals surface area contributed by atoms with Crippen LogP contribution in [0.4, 0.5) is 5.82 Å².